The summed E-state index contributed by atoms with van der Waals surface area (Å²) < 4.78 is 0. The average molecular weight is 493 g/mol. The fourth-order valence-electron chi connectivity index (χ4n) is 4.29. The van der Waals surface area contributed by atoms with Gasteiger partial charge in [-0.2, -0.15) is 0 Å². The molecule has 2 amide bonds. The number of rotatable bonds is 6. The van der Waals surface area contributed by atoms with Gasteiger partial charge in [0.2, 0.25) is 5.91 Å². The summed E-state index contributed by atoms with van der Waals surface area (Å²) in [5.41, 5.74) is 7.44. The number of nitrogens with one attached hydrogen (secondary N) is 1. The smallest absolute Gasteiger partial charge is 0.251 e. The number of halogens is 1. The number of carbonyl (C=O) groups is 2. The minimum absolute atomic E-state index is 0.0719. The van der Waals surface area contributed by atoms with Gasteiger partial charge in [0.25, 0.3) is 5.91 Å². The van der Waals surface area contributed by atoms with E-state index in [1.807, 2.05) is 60.4 Å². The second-order valence-electron chi connectivity index (χ2n) is 8.92. The number of carbonyl (C=O) groups excluding carboxylic acids is 2. The van der Waals surface area contributed by atoms with Crippen LogP contribution in [0.1, 0.15) is 62.1 Å². The van der Waals surface area contributed by atoms with E-state index in [4.69, 9.17) is 11.6 Å². The summed E-state index contributed by atoms with van der Waals surface area (Å²) in [6.07, 6.45) is 0. The molecule has 0 aliphatic carbocycles. The highest BCUT2D eigenvalue weighted by atomic mass is 35.5. The highest BCUT2D eigenvalue weighted by molar-refractivity contribution is 8.00. The Morgan fingerprint density at radius 1 is 1.03 bits per heavy atom. The van der Waals surface area contributed by atoms with Gasteiger partial charge in [0.05, 0.1) is 11.8 Å². The maximum atomic E-state index is 12.9. The lowest BCUT2D eigenvalue weighted by molar-refractivity contribution is -0.128. The normalized spacial score (nSPS) is 16.6. The molecule has 4 rings (SSSR count). The Hall–Kier alpha value is -2.76. The third kappa shape index (κ3) is 5.31. The first-order valence-electron chi connectivity index (χ1n) is 11.4. The number of hydrogen-bond acceptors (Lipinski definition) is 3. The molecule has 2 atom stereocenters. The molecule has 1 fully saturated rings. The van der Waals surface area contributed by atoms with E-state index in [2.05, 4.69) is 38.2 Å². The van der Waals surface area contributed by atoms with E-state index < -0.39 is 0 Å². The molecule has 6 heteroatoms. The van der Waals surface area contributed by atoms with E-state index in [-0.39, 0.29) is 23.2 Å². The summed E-state index contributed by atoms with van der Waals surface area (Å²) >= 11 is 7.60. The molecule has 0 saturated carbocycles. The van der Waals surface area contributed by atoms with Crippen molar-refractivity contribution >= 4 is 35.2 Å². The van der Waals surface area contributed by atoms with Crippen LogP contribution in [0.2, 0.25) is 5.02 Å². The summed E-state index contributed by atoms with van der Waals surface area (Å²) in [6.45, 7) is 8.81. The van der Waals surface area contributed by atoms with Crippen molar-refractivity contribution in [1.29, 1.82) is 0 Å². The molecule has 1 N–H and O–H groups in total. The van der Waals surface area contributed by atoms with E-state index in [0.29, 0.717) is 22.9 Å². The van der Waals surface area contributed by atoms with Crippen molar-refractivity contribution in [2.24, 2.45) is 0 Å². The van der Waals surface area contributed by atoms with Gasteiger partial charge in [0.15, 0.2) is 0 Å². The molecule has 34 heavy (non-hydrogen) atoms. The second kappa shape index (κ2) is 10.2. The van der Waals surface area contributed by atoms with Crippen molar-refractivity contribution in [2.45, 2.75) is 45.7 Å². The molecule has 1 heterocycles. The first kappa shape index (κ1) is 24.4. The van der Waals surface area contributed by atoms with Crippen LogP contribution >= 0.6 is 23.4 Å². The highest BCUT2D eigenvalue weighted by Crippen LogP contribution is 2.39. The number of aryl methyl sites for hydroxylation is 3. The highest BCUT2D eigenvalue weighted by Gasteiger charge is 2.32. The summed E-state index contributed by atoms with van der Waals surface area (Å²) in [7, 11) is 0. The van der Waals surface area contributed by atoms with Crippen LogP contribution in [-0.2, 0) is 11.3 Å². The maximum Gasteiger partial charge on any atom is 0.251 e. The van der Waals surface area contributed by atoms with Gasteiger partial charge in [-0.1, -0.05) is 48.0 Å². The molecular weight excluding hydrogens is 464 g/mol. The quantitative estimate of drug-likeness (QED) is 0.425. The average Bonchev–Trinajstić information content (AvgIpc) is 3.17. The van der Waals surface area contributed by atoms with Crippen molar-refractivity contribution in [2.75, 3.05) is 5.75 Å². The number of nitrogens with zero attached hydrogens (tertiary/aromatic N) is 1. The largest absolute Gasteiger partial charge is 0.346 e. The van der Waals surface area contributed by atoms with Crippen LogP contribution in [0.4, 0.5) is 0 Å². The van der Waals surface area contributed by atoms with Crippen molar-refractivity contribution < 1.29 is 9.59 Å². The molecule has 0 spiro atoms. The molecule has 0 radical (unpaired) electrons. The molecular formula is C28H29ClN2O2S. The van der Waals surface area contributed by atoms with E-state index in [1.54, 1.807) is 11.8 Å². The zero-order valence-corrected chi connectivity index (χ0v) is 21.5. The Morgan fingerprint density at radius 3 is 2.35 bits per heavy atom. The molecule has 1 aliphatic rings. The molecule has 0 unspecified atom stereocenters. The number of hydrogen-bond donors (Lipinski definition) is 1. The third-order valence-electron chi connectivity index (χ3n) is 6.39. The van der Waals surface area contributed by atoms with Crippen LogP contribution in [0, 0.1) is 20.8 Å². The van der Waals surface area contributed by atoms with Gasteiger partial charge in [0.1, 0.15) is 5.37 Å². The van der Waals surface area contributed by atoms with Crippen LogP contribution in [0.25, 0.3) is 0 Å². The minimum Gasteiger partial charge on any atom is -0.346 e. The summed E-state index contributed by atoms with van der Waals surface area (Å²) in [6, 6.07) is 19.4. The predicted octanol–water partition coefficient (Wildman–Crippen LogP) is 6.53. The Balaban J connectivity index is 1.45. The van der Waals surface area contributed by atoms with Crippen LogP contribution in [0.15, 0.2) is 60.7 Å². The zero-order chi connectivity index (χ0) is 24.4. The summed E-state index contributed by atoms with van der Waals surface area (Å²) in [5, 5.41) is 3.73. The van der Waals surface area contributed by atoms with Gasteiger partial charge in [-0.05, 0) is 85.3 Å². The van der Waals surface area contributed by atoms with Crippen LogP contribution in [0.5, 0.6) is 0 Å². The fourth-order valence-corrected chi connectivity index (χ4v) is 5.61. The Morgan fingerprint density at radius 2 is 1.68 bits per heavy atom. The van der Waals surface area contributed by atoms with E-state index in [1.165, 1.54) is 16.7 Å². The Kier molecular flexibility index (Phi) is 7.34. The van der Waals surface area contributed by atoms with Crippen molar-refractivity contribution in [3.8, 4) is 0 Å². The molecule has 1 aliphatic heterocycles. The van der Waals surface area contributed by atoms with Crippen LogP contribution < -0.4 is 5.32 Å². The van der Waals surface area contributed by atoms with Gasteiger partial charge in [0, 0.05) is 17.1 Å². The maximum absolute atomic E-state index is 12.9. The SMILES string of the molecule is Cc1cc(C)c([C@@H](C)NC(=O)c2ccc([C@@H]3SCC(=O)N3Cc3ccc(Cl)cc3)cc2)cc1C. The lowest BCUT2D eigenvalue weighted by atomic mass is 9.96. The zero-order valence-electron chi connectivity index (χ0n) is 19.9. The standard InChI is InChI=1S/C28H29ClN2O2S/c1-17-13-19(3)25(14-18(17)2)20(4)30-27(33)22-7-9-23(10-8-22)28-31(26(32)16-34-28)15-21-5-11-24(29)12-6-21/h5-14,20,28H,15-16H2,1-4H3,(H,30,33)/t20-,28+/m1/s1. The Bertz CT molecular complexity index is 1210. The summed E-state index contributed by atoms with van der Waals surface area (Å²) in [5.74, 6) is 0.460. The third-order valence-corrected chi connectivity index (χ3v) is 7.90. The number of amides is 2. The first-order chi connectivity index (χ1) is 16.2. The van der Waals surface area contributed by atoms with Gasteiger partial charge in [-0.25, -0.2) is 0 Å². The van der Waals surface area contributed by atoms with Gasteiger partial charge < -0.3 is 10.2 Å². The first-order valence-corrected chi connectivity index (χ1v) is 12.8. The van der Waals surface area contributed by atoms with E-state index >= 15 is 0 Å². The fraction of sp³-hybridized carbons (Fsp3) is 0.286. The van der Waals surface area contributed by atoms with Crippen molar-refractivity contribution in [3.05, 3.63) is 105 Å². The van der Waals surface area contributed by atoms with Crippen molar-refractivity contribution in [1.82, 2.24) is 10.2 Å². The lowest BCUT2D eigenvalue weighted by Gasteiger charge is -2.24. The number of thioether (sulfide) groups is 1. The molecule has 3 aromatic rings. The van der Waals surface area contributed by atoms with E-state index in [0.717, 1.165) is 16.7 Å². The van der Waals surface area contributed by atoms with E-state index in [9.17, 15) is 9.59 Å². The molecule has 3 aromatic carbocycles. The predicted molar refractivity (Wildman–Crippen MR) is 140 cm³/mol. The molecule has 0 aromatic heterocycles. The van der Waals surface area contributed by atoms with Gasteiger partial charge in [-0.3, -0.25) is 9.59 Å². The van der Waals surface area contributed by atoms with Gasteiger partial charge >= 0.3 is 0 Å². The Labute approximate surface area is 210 Å². The second-order valence-corrected chi connectivity index (χ2v) is 10.4. The number of benzene rings is 3. The topological polar surface area (TPSA) is 49.4 Å². The lowest BCUT2D eigenvalue weighted by Crippen LogP contribution is -2.28. The molecule has 0 bridgehead atoms. The minimum atomic E-state index is -0.107. The van der Waals surface area contributed by atoms with Crippen LogP contribution in [-0.4, -0.2) is 22.5 Å². The monoisotopic (exact) mass is 492 g/mol. The summed E-state index contributed by atoms with van der Waals surface area (Å²) in [4.78, 5) is 27.3. The van der Waals surface area contributed by atoms with Gasteiger partial charge in [-0.15, -0.1) is 11.8 Å². The van der Waals surface area contributed by atoms with Crippen LogP contribution in [0.3, 0.4) is 0 Å². The molecule has 176 valence electrons. The molecule has 1 saturated heterocycles. The van der Waals surface area contributed by atoms with Crippen molar-refractivity contribution in [3.63, 3.8) is 0 Å². The molecule has 4 nitrogen and oxygen atoms in total.